The molecule has 1 aliphatic carbocycles. The highest BCUT2D eigenvalue weighted by molar-refractivity contribution is 7.87. The van der Waals surface area contributed by atoms with Crippen LogP contribution in [-0.2, 0) is 26.3 Å². The lowest BCUT2D eigenvalue weighted by atomic mass is 10.1. The highest BCUT2D eigenvalue weighted by atomic mass is 32.2. The van der Waals surface area contributed by atoms with Crippen LogP contribution in [0.1, 0.15) is 44.1 Å². The fourth-order valence-corrected chi connectivity index (χ4v) is 5.39. The number of hydrogen-bond donors (Lipinski definition) is 1. The van der Waals surface area contributed by atoms with Crippen LogP contribution in [0, 0.1) is 5.92 Å². The molecule has 3 aliphatic rings. The van der Waals surface area contributed by atoms with Crippen molar-refractivity contribution in [2.24, 2.45) is 5.92 Å². The number of carbonyl (C=O) groups excluding carboxylic acids is 1. The first-order valence-corrected chi connectivity index (χ1v) is 12.8. The van der Waals surface area contributed by atoms with Crippen molar-refractivity contribution in [3.05, 3.63) is 35.9 Å². The topological polar surface area (TPSA) is 88.2 Å². The summed E-state index contributed by atoms with van der Waals surface area (Å²) in [7, 11) is -3.91. The molecule has 4 rings (SSSR count). The molecule has 0 spiro atoms. The summed E-state index contributed by atoms with van der Waals surface area (Å²) in [4.78, 5) is 14.5. The zero-order valence-corrected chi connectivity index (χ0v) is 18.8. The Labute approximate surface area is 185 Å². The zero-order chi connectivity index (χ0) is 21.7. The molecule has 0 radical (unpaired) electrons. The molecule has 3 fully saturated rings. The van der Waals surface area contributed by atoms with Crippen LogP contribution in [0.25, 0.3) is 0 Å². The van der Waals surface area contributed by atoms with Gasteiger partial charge >= 0.3 is 16.3 Å². The Morgan fingerprint density at radius 3 is 2.16 bits per heavy atom. The van der Waals surface area contributed by atoms with E-state index in [1.165, 1.54) is 23.7 Å². The van der Waals surface area contributed by atoms with E-state index in [2.05, 4.69) is 4.90 Å². The Morgan fingerprint density at radius 1 is 0.935 bits per heavy atom. The van der Waals surface area contributed by atoms with Crippen molar-refractivity contribution in [2.45, 2.75) is 57.3 Å². The summed E-state index contributed by atoms with van der Waals surface area (Å²) in [6.45, 7) is 4.15. The molecule has 0 atom stereocenters. The number of piperidine rings is 2. The lowest BCUT2D eigenvalue weighted by molar-refractivity contribution is -0.0591. The largest absolute Gasteiger partial charge is 0.444 e. The van der Waals surface area contributed by atoms with Crippen molar-refractivity contribution in [3.63, 3.8) is 0 Å². The number of amides is 1. The molecule has 2 aliphatic heterocycles. The molecule has 0 aromatic heterocycles. The molecule has 1 aromatic carbocycles. The minimum absolute atomic E-state index is 0.0254. The molecule has 172 valence electrons. The van der Waals surface area contributed by atoms with Crippen LogP contribution in [0.4, 0.5) is 4.79 Å². The standard InChI is InChI=1S/C22H33N3O5S/c26-22(29-17-19-4-2-1-3-5-19)23-31(27,28)25-14-10-21(11-15-25)30-20-8-12-24(13-9-20)16-18-6-7-18/h1-5,18,20-21H,6-17H2,(H,23,26). The minimum atomic E-state index is -3.91. The second-order valence-corrected chi connectivity index (χ2v) is 10.5. The average Bonchev–Trinajstić information content (AvgIpc) is 3.59. The first-order valence-electron chi connectivity index (χ1n) is 11.3. The number of nitrogens with zero attached hydrogens (tertiary/aromatic N) is 2. The SMILES string of the molecule is O=C(NS(=O)(=O)N1CCC(OC2CCN(CC3CC3)CC2)CC1)OCc1ccccc1. The number of rotatable bonds is 8. The van der Waals surface area contributed by atoms with Crippen molar-refractivity contribution in [3.8, 4) is 0 Å². The summed E-state index contributed by atoms with van der Waals surface area (Å²) >= 11 is 0. The molecule has 2 saturated heterocycles. The number of ether oxygens (including phenoxy) is 2. The maximum absolute atomic E-state index is 12.5. The maximum atomic E-state index is 12.5. The highest BCUT2D eigenvalue weighted by Gasteiger charge is 2.32. The first-order chi connectivity index (χ1) is 15.0. The smallest absolute Gasteiger partial charge is 0.422 e. The number of nitrogens with one attached hydrogen (secondary N) is 1. The third-order valence-corrected chi connectivity index (χ3v) is 7.77. The monoisotopic (exact) mass is 451 g/mol. The predicted molar refractivity (Wildman–Crippen MR) is 117 cm³/mol. The summed E-state index contributed by atoms with van der Waals surface area (Å²) in [5, 5.41) is 0. The fourth-order valence-electron chi connectivity index (χ4n) is 4.30. The van der Waals surface area contributed by atoms with E-state index in [0.717, 1.165) is 37.4 Å². The van der Waals surface area contributed by atoms with Gasteiger partial charge < -0.3 is 14.4 Å². The van der Waals surface area contributed by atoms with E-state index in [1.807, 2.05) is 35.1 Å². The van der Waals surface area contributed by atoms with Gasteiger partial charge in [-0.2, -0.15) is 12.7 Å². The molecule has 0 unspecified atom stereocenters. The van der Waals surface area contributed by atoms with Gasteiger partial charge in [0.2, 0.25) is 0 Å². The van der Waals surface area contributed by atoms with Crippen molar-refractivity contribution >= 4 is 16.3 Å². The first kappa shape index (κ1) is 22.5. The van der Waals surface area contributed by atoms with Crippen LogP contribution >= 0.6 is 0 Å². The third kappa shape index (κ3) is 6.90. The van der Waals surface area contributed by atoms with Crippen LogP contribution in [0.2, 0.25) is 0 Å². The molecule has 31 heavy (non-hydrogen) atoms. The third-order valence-electron chi connectivity index (χ3n) is 6.30. The zero-order valence-electron chi connectivity index (χ0n) is 17.9. The minimum Gasteiger partial charge on any atom is -0.444 e. The van der Waals surface area contributed by atoms with Crippen LogP contribution in [0.15, 0.2) is 30.3 Å². The van der Waals surface area contributed by atoms with Gasteiger partial charge in [-0.05, 0) is 50.0 Å². The van der Waals surface area contributed by atoms with E-state index in [1.54, 1.807) is 0 Å². The van der Waals surface area contributed by atoms with Gasteiger partial charge in [0.25, 0.3) is 0 Å². The van der Waals surface area contributed by atoms with E-state index in [9.17, 15) is 13.2 Å². The molecule has 1 N–H and O–H groups in total. The van der Waals surface area contributed by atoms with Crippen LogP contribution in [-0.4, -0.2) is 68.6 Å². The highest BCUT2D eigenvalue weighted by Crippen LogP contribution is 2.31. The van der Waals surface area contributed by atoms with Gasteiger partial charge in [-0.3, -0.25) is 0 Å². The second-order valence-electron chi connectivity index (χ2n) is 8.85. The van der Waals surface area contributed by atoms with E-state index in [-0.39, 0.29) is 18.8 Å². The Balaban J connectivity index is 1.15. The van der Waals surface area contributed by atoms with Crippen LogP contribution in [0.5, 0.6) is 0 Å². The van der Waals surface area contributed by atoms with Gasteiger partial charge in [-0.1, -0.05) is 30.3 Å². The normalized spacial score (nSPS) is 22.3. The summed E-state index contributed by atoms with van der Waals surface area (Å²) in [6.07, 6.45) is 5.56. The Bertz CT molecular complexity index is 815. The van der Waals surface area contributed by atoms with Crippen molar-refractivity contribution in [2.75, 3.05) is 32.7 Å². The molecule has 1 saturated carbocycles. The van der Waals surface area contributed by atoms with Crippen molar-refractivity contribution < 1.29 is 22.7 Å². The average molecular weight is 452 g/mol. The summed E-state index contributed by atoms with van der Waals surface area (Å²) in [6, 6.07) is 9.14. The quantitative estimate of drug-likeness (QED) is 0.653. The Kier molecular flexibility index (Phi) is 7.47. The van der Waals surface area contributed by atoms with Gasteiger partial charge in [-0.15, -0.1) is 0 Å². The molecule has 9 heteroatoms. The molecular weight excluding hydrogens is 418 g/mol. The van der Waals surface area contributed by atoms with Gasteiger partial charge in [0, 0.05) is 32.7 Å². The van der Waals surface area contributed by atoms with Crippen LogP contribution < -0.4 is 4.72 Å². The van der Waals surface area contributed by atoms with Crippen molar-refractivity contribution in [1.82, 2.24) is 13.9 Å². The van der Waals surface area contributed by atoms with Gasteiger partial charge in [0.1, 0.15) is 6.61 Å². The fraction of sp³-hybridized carbons (Fsp3) is 0.682. The lowest BCUT2D eigenvalue weighted by Gasteiger charge is -2.36. The van der Waals surface area contributed by atoms with E-state index in [0.29, 0.717) is 25.9 Å². The Hall–Kier alpha value is -1.68. The second kappa shape index (κ2) is 10.3. The van der Waals surface area contributed by atoms with E-state index < -0.39 is 16.3 Å². The van der Waals surface area contributed by atoms with E-state index >= 15 is 0 Å². The number of likely N-dealkylation sites (tertiary alicyclic amines) is 1. The molecule has 1 amide bonds. The van der Waals surface area contributed by atoms with Crippen LogP contribution in [0.3, 0.4) is 0 Å². The molecular formula is C22H33N3O5S. The number of benzene rings is 1. The molecule has 2 heterocycles. The van der Waals surface area contributed by atoms with E-state index in [4.69, 9.17) is 9.47 Å². The summed E-state index contributed by atoms with van der Waals surface area (Å²) < 4.78 is 39.6. The number of carbonyl (C=O) groups is 1. The van der Waals surface area contributed by atoms with Crippen molar-refractivity contribution in [1.29, 1.82) is 0 Å². The van der Waals surface area contributed by atoms with Gasteiger partial charge in [0.15, 0.2) is 0 Å². The lowest BCUT2D eigenvalue weighted by Crippen LogP contribution is -2.49. The Morgan fingerprint density at radius 2 is 1.55 bits per heavy atom. The molecule has 0 bridgehead atoms. The predicted octanol–water partition coefficient (Wildman–Crippen LogP) is 2.51. The van der Waals surface area contributed by atoms with Gasteiger partial charge in [0.05, 0.1) is 12.2 Å². The maximum Gasteiger partial charge on any atom is 0.422 e. The summed E-state index contributed by atoms with van der Waals surface area (Å²) in [5.74, 6) is 0.924. The molecule has 8 nitrogen and oxygen atoms in total. The summed E-state index contributed by atoms with van der Waals surface area (Å²) in [5.41, 5.74) is 0.798. The number of hydrogen-bond acceptors (Lipinski definition) is 6. The molecule has 1 aromatic rings. The van der Waals surface area contributed by atoms with Gasteiger partial charge in [-0.25, -0.2) is 9.52 Å².